The minimum Gasteiger partial charge on any atom is -0.247 e. The standard InChI is InChI=1S/C3HBN3/c5-1-4(2-6)3-7/h4H/q-1. The molecule has 0 atom stereocenters. The second-order valence-corrected chi connectivity index (χ2v) is 1.00. The van der Waals surface area contributed by atoms with E-state index in [2.05, 4.69) is 0 Å². The summed E-state index contributed by atoms with van der Waals surface area (Å²) in [4.78, 5) is 0. The van der Waals surface area contributed by atoms with Crippen molar-refractivity contribution in [2.75, 3.05) is 0 Å². The molecule has 0 amide bonds. The lowest BCUT2D eigenvalue weighted by atomic mass is 9.55. The molecule has 0 aliphatic carbocycles. The van der Waals surface area contributed by atoms with Crippen molar-refractivity contribution < 1.29 is 0 Å². The van der Waals surface area contributed by atoms with Crippen molar-refractivity contribution in [2.45, 2.75) is 0 Å². The summed E-state index contributed by atoms with van der Waals surface area (Å²) in [5, 5.41) is 23.6. The van der Waals surface area contributed by atoms with Gasteiger partial charge >= 0.3 is 0 Å². The third-order valence-electron chi connectivity index (χ3n) is 0.474. The summed E-state index contributed by atoms with van der Waals surface area (Å²) in [5.74, 6) is 4.69. The van der Waals surface area contributed by atoms with E-state index < -0.39 is 6.71 Å². The Kier molecular flexibility index (Phi) is 2.18. The van der Waals surface area contributed by atoms with Crippen molar-refractivity contribution in [3.63, 3.8) is 0 Å². The summed E-state index contributed by atoms with van der Waals surface area (Å²) in [7, 11) is 0. The van der Waals surface area contributed by atoms with Gasteiger partial charge in [0.15, 0.2) is 0 Å². The molecule has 0 fully saturated rings. The molecule has 0 aromatic carbocycles. The molecule has 0 heterocycles. The topological polar surface area (TPSA) is 71.4 Å². The fourth-order valence-corrected chi connectivity index (χ4v) is 0.106. The van der Waals surface area contributed by atoms with Crippen molar-refractivity contribution in [3.05, 3.63) is 0 Å². The first-order valence-corrected chi connectivity index (χ1v) is 1.73. The minimum absolute atomic E-state index is 1.56. The third kappa shape index (κ3) is 1.42. The third-order valence-corrected chi connectivity index (χ3v) is 0.474. The molecule has 0 aromatic heterocycles. The van der Waals surface area contributed by atoms with Gasteiger partial charge in [0.05, 0.1) is 0 Å². The van der Waals surface area contributed by atoms with E-state index in [1.165, 1.54) is 0 Å². The second kappa shape index (κ2) is 2.76. The van der Waals surface area contributed by atoms with Gasteiger partial charge in [-0.05, 0) is 0 Å². The second-order valence-electron chi connectivity index (χ2n) is 1.00. The van der Waals surface area contributed by atoms with E-state index in [1.54, 1.807) is 17.9 Å². The van der Waals surface area contributed by atoms with E-state index in [0.717, 1.165) is 0 Å². The Morgan fingerprint density at radius 1 is 0.857 bits per heavy atom. The fraction of sp³-hybridized carbons (Fsp3) is 0. The molecule has 0 radical (unpaired) electrons. The van der Waals surface area contributed by atoms with Crippen LogP contribution in [0.5, 0.6) is 0 Å². The van der Waals surface area contributed by atoms with E-state index in [4.69, 9.17) is 15.8 Å². The highest BCUT2D eigenvalue weighted by Crippen LogP contribution is 1.67. The van der Waals surface area contributed by atoms with Crippen LogP contribution in [-0.4, -0.2) is 6.71 Å². The van der Waals surface area contributed by atoms with Crippen LogP contribution in [0.25, 0.3) is 0 Å². The van der Waals surface area contributed by atoms with Gasteiger partial charge in [-0.3, -0.25) is 0 Å². The smallest absolute Gasteiger partial charge is 0.247 e. The van der Waals surface area contributed by atoms with E-state index in [1.807, 2.05) is 0 Å². The Morgan fingerprint density at radius 3 is 1.14 bits per heavy atom. The van der Waals surface area contributed by atoms with Crippen LogP contribution in [0.4, 0.5) is 0 Å². The fourth-order valence-electron chi connectivity index (χ4n) is 0.106. The van der Waals surface area contributed by atoms with Crippen molar-refractivity contribution in [1.82, 2.24) is 0 Å². The molecule has 0 unspecified atom stereocenters. The molecule has 0 saturated carbocycles. The summed E-state index contributed by atoms with van der Waals surface area (Å²) in [6, 6.07) is 0. The average Bonchev–Trinajstić information content (AvgIpc) is 1.72. The van der Waals surface area contributed by atoms with Gasteiger partial charge in [-0.2, -0.15) is 0 Å². The first kappa shape index (κ1) is 5.53. The van der Waals surface area contributed by atoms with Crippen molar-refractivity contribution in [3.8, 4) is 17.9 Å². The maximum Gasteiger partial charge on any atom is 0.286 e. The number of rotatable bonds is 0. The molecule has 0 spiro atoms. The zero-order valence-corrected chi connectivity index (χ0v) is 3.55. The molecule has 0 aliphatic heterocycles. The lowest BCUT2D eigenvalue weighted by Gasteiger charge is -1.79. The Balaban J connectivity index is 3.82. The monoisotopic (exact) mass is 90.0 g/mol. The molecule has 7 heavy (non-hydrogen) atoms. The van der Waals surface area contributed by atoms with Crippen LogP contribution < -0.4 is 0 Å². The molecular weight excluding hydrogens is 88.9 g/mol. The Hall–Kier alpha value is -1.47. The quantitative estimate of drug-likeness (QED) is 0.373. The molecule has 0 aromatic rings. The van der Waals surface area contributed by atoms with Gasteiger partial charge in [0, 0.05) is 0 Å². The Labute approximate surface area is 41.5 Å². The molecule has 0 aliphatic rings. The van der Waals surface area contributed by atoms with E-state index >= 15 is 0 Å². The summed E-state index contributed by atoms with van der Waals surface area (Å²) in [6.07, 6.45) is 0. The highest BCUT2D eigenvalue weighted by atomic mass is 14.3. The van der Waals surface area contributed by atoms with Gasteiger partial charge in [0.25, 0.3) is 6.71 Å². The van der Waals surface area contributed by atoms with E-state index in [9.17, 15) is 0 Å². The summed E-state index contributed by atoms with van der Waals surface area (Å²) < 4.78 is 0. The number of nitriles is 3. The molecule has 32 valence electrons. The molecule has 4 heteroatoms. The molecule has 0 N–H and O–H groups in total. The Morgan fingerprint density at radius 2 is 1.14 bits per heavy atom. The van der Waals surface area contributed by atoms with Gasteiger partial charge in [0.2, 0.25) is 0 Å². The largest absolute Gasteiger partial charge is 0.286 e. The maximum absolute atomic E-state index is 7.87. The highest BCUT2D eigenvalue weighted by Gasteiger charge is 1.90. The maximum atomic E-state index is 7.87. The van der Waals surface area contributed by atoms with Gasteiger partial charge in [-0.1, -0.05) is 0 Å². The summed E-state index contributed by atoms with van der Waals surface area (Å²) in [5.41, 5.74) is 0. The predicted octanol–water partition coefficient (Wildman–Crippen LogP) is -0.598. The van der Waals surface area contributed by atoms with Crippen LogP contribution in [0, 0.1) is 33.7 Å². The molecule has 0 saturated heterocycles. The van der Waals surface area contributed by atoms with Crippen molar-refractivity contribution >= 4 is 6.71 Å². The minimum atomic E-state index is -1.79. The van der Waals surface area contributed by atoms with Gasteiger partial charge < -0.3 is 0 Å². The van der Waals surface area contributed by atoms with Crippen LogP contribution >= 0.6 is 0 Å². The SMILES string of the molecule is N#C[BH-](C#N)C#N. The lowest BCUT2D eigenvalue weighted by Crippen LogP contribution is -2.01. The zero-order chi connectivity index (χ0) is 5.70. The average molecular weight is 89.9 g/mol. The number of nitrogens with zero attached hydrogens (tertiary/aromatic N) is 3. The van der Waals surface area contributed by atoms with Crippen LogP contribution in [-0.2, 0) is 0 Å². The van der Waals surface area contributed by atoms with Crippen LogP contribution in [0.1, 0.15) is 0 Å². The highest BCUT2D eigenvalue weighted by molar-refractivity contribution is 6.81. The van der Waals surface area contributed by atoms with Gasteiger partial charge in [-0.15, -0.1) is 17.9 Å². The molecule has 3 nitrogen and oxygen atoms in total. The summed E-state index contributed by atoms with van der Waals surface area (Å²) >= 11 is 0. The van der Waals surface area contributed by atoms with Crippen molar-refractivity contribution in [1.29, 1.82) is 15.8 Å². The van der Waals surface area contributed by atoms with E-state index in [-0.39, 0.29) is 0 Å². The summed E-state index contributed by atoms with van der Waals surface area (Å²) in [6.45, 7) is -1.79. The molecule has 0 rings (SSSR count). The zero-order valence-electron chi connectivity index (χ0n) is 3.55. The van der Waals surface area contributed by atoms with E-state index in [0.29, 0.717) is 0 Å². The van der Waals surface area contributed by atoms with Crippen molar-refractivity contribution in [2.24, 2.45) is 0 Å². The number of hydrogen-bond donors (Lipinski definition) is 0. The van der Waals surface area contributed by atoms with Gasteiger partial charge in [0.1, 0.15) is 0 Å². The normalized spacial score (nSPS) is 6.00. The lowest BCUT2D eigenvalue weighted by molar-refractivity contribution is 1.52. The van der Waals surface area contributed by atoms with Crippen LogP contribution in [0.2, 0.25) is 0 Å². The predicted molar refractivity (Wildman–Crippen MR) is 24.0 cm³/mol. The van der Waals surface area contributed by atoms with Crippen LogP contribution in [0.15, 0.2) is 0 Å². The first-order chi connectivity index (χ1) is 3.35. The van der Waals surface area contributed by atoms with Crippen LogP contribution in [0.3, 0.4) is 0 Å². The number of hydrogen-bond acceptors (Lipinski definition) is 3. The Bertz CT molecular complexity index is 133. The molecular formula is C3HBN3-. The molecule has 0 bridgehead atoms. The van der Waals surface area contributed by atoms with Gasteiger partial charge in [-0.25, -0.2) is 15.8 Å². The first-order valence-electron chi connectivity index (χ1n) is 1.73.